The molecule has 11 heteroatoms. The molecule has 1 amide bonds. The number of hydrogen-bond acceptors (Lipinski definition) is 7. The molecular formula is C23H19FN6O3S. The van der Waals surface area contributed by atoms with Crippen LogP contribution in [0.2, 0.25) is 0 Å². The summed E-state index contributed by atoms with van der Waals surface area (Å²) in [7, 11) is 0. The smallest absolute Gasteiger partial charge is 0.293 e. The third kappa shape index (κ3) is 4.13. The maximum absolute atomic E-state index is 13.9. The highest BCUT2D eigenvalue weighted by Gasteiger charge is 2.29. The summed E-state index contributed by atoms with van der Waals surface area (Å²) in [6, 6.07) is 16.3. The van der Waals surface area contributed by atoms with Crippen molar-refractivity contribution in [3.8, 4) is 16.4 Å². The third-order valence-corrected chi connectivity index (χ3v) is 6.44. The number of nitro benzene ring substituents is 1. The second-order valence-corrected chi connectivity index (χ2v) is 8.60. The van der Waals surface area contributed by atoms with E-state index in [9.17, 15) is 19.3 Å². The molecule has 0 N–H and O–H groups in total. The van der Waals surface area contributed by atoms with E-state index >= 15 is 0 Å². The van der Waals surface area contributed by atoms with Crippen LogP contribution in [-0.4, -0.2) is 56.7 Å². The molecule has 172 valence electrons. The molecule has 3 heterocycles. The van der Waals surface area contributed by atoms with Gasteiger partial charge in [0.05, 0.1) is 15.5 Å². The van der Waals surface area contributed by atoms with Gasteiger partial charge < -0.3 is 9.80 Å². The van der Waals surface area contributed by atoms with Gasteiger partial charge in [-0.1, -0.05) is 24.3 Å². The van der Waals surface area contributed by atoms with Crippen LogP contribution in [-0.2, 0) is 0 Å². The third-order valence-electron chi connectivity index (χ3n) is 5.58. The molecule has 2 aromatic carbocycles. The van der Waals surface area contributed by atoms with E-state index in [4.69, 9.17) is 0 Å². The number of thiophene rings is 1. The van der Waals surface area contributed by atoms with Crippen molar-refractivity contribution >= 4 is 28.6 Å². The van der Waals surface area contributed by atoms with Gasteiger partial charge in [0, 0.05) is 32.2 Å². The number of hydrogen-bond donors (Lipinski definition) is 0. The molecule has 0 atom stereocenters. The topological polar surface area (TPSA) is 97.4 Å². The lowest BCUT2D eigenvalue weighted by Gasteiger charge is -2.35. The van der Waals surface area contributed by atoms with Crippen LogP contribution in [0.5, 0.6) is 0 Å². The Balaban J connectivity index is 1.39. The monoisotopic (exact) mass is 478 g/mol. The van der Waals surface area contributed by atoms with Gasteiger partial charge in [-0.2, -0.15) is 0 Å². The number of rotatable bonds is 5. The Morgan fingerprint density at radius 2 is 1.82 bits per heavy atom. The summed E-state index contributed by atoms with van der Waals surface area (Å²) in [5, 5.41) is 17.7. The lowest BCUT2D eigenvalue weighted by atomic mass is 10.2. The number of halogens is 1. The Morgan fingerprint density at radius 1 is 1.03 bits per heavy atom. The molecule has 5 rings (SSSR count). The van der Waals surface area contributed by atoms with Crippen LogP contribution in [0.4, 0.5) is 15.8 Å². The quantitative estimate of drug-likeness (QED) is 0.318. The van der Waals surface area contributed by atoms with E-state index in [1.165, 1.54) is 34.2 Å². The number of amides is 1. The van der Waals surface area contributed by atoms with Crippen LogP contribution < -0.4 is 4.90 Å². The first-order valence-corrected chi connectivity index (χ1v) is 11.4. The summed E-state index contributed by atoms with van der Waals surface area (Å²) in [4.78, 5) is 33.0. The number of nitrogens with zero attached hydrogens (tertiary/aromatic N) is 6. The van der Waals surface area contributed by atoms with Crippen molar-refractivity contribution in [1.82, 2.24) is 19.7 Å². The number of nitro groups is 1. The van der Waals surface area contributed by atoms with Crippen molar-refractivity contribution in [2.75, 3.05) is 31.1 Å². The van der Waals surface area contributed by atoms with Crippen molar-refractivity contribution in [3.05, 3.63) is 87.8 Å². The van der Waals surface area contributed by atoms with Crippen molar-refractivity contribution in [2.24, 2.45) is 0 Å². The summed E-state index contributed by atoms with van der Waals surface area (Å²) in [6.45, 7) is 1.62. The molecule has 34 heavy (non-hydrogen) atoms. The molecule has 0 spiro atoms. The Hall–Kier alpha value is -4.12. The lowest BCUT2D eigenvalue weighted by Crippen LogP contribution is -2.49. The summed E-state index contributed by atoms with van der Waals surface area (Å²) in [6.07, 6.45) is 0. The molecule has 0 aliphatic carbocycles. The van der Waals surface area contributed by atoms with Crippen LogP contribution in [0, 0.1) is 15.9 Å². The molecule has 0 saturated carbocycles. The van der Waals surface area contributed by atoms with Gasteiger partial charge in [0.1, 0.15) is 11.5 Å². The number of carbonyl (C=O) groups is 1. The summed E-state index contributed by atoms with van der Waals surface area (Å²) >= 11 is 1.45. The van der Waals surface area contributed by atoms with Gasteiger partial charge in [-0.3, -0.25) is 14.9 Å². The molecule has 0 radical (unpaired) electrons. The van der Waals surface area contributed by atoms with Gasteiger partial charge in [0.15, 0.2) is 5.82 Å². The Bertz CT molecular complexity index is 1350. The van der Waals surface area contributed by atoms with Crippen LogP contribution in [0.1, 0.15) is 10.6 Å². The molecule has 2 aromatic heterocycles. The highest BCUT2D eigenvalue weighted by atomic mass is 32.1. The van der Waals surface area contributed by atoms with Crippen molar-refractivity contribution in [3.63, 3.8) is 0 Å². The van der Waals surface area contributed by atoms with Crippen LogP contribution in [0.3, 0.4) is 0 Å². The predicted octanol–water partition coefficient (Wildman–Crippen LogP) is 4.01. The first-order chi connectivity index (χ1) is 16.5. The zero-order chi connectivity index (χ0) is 23.7. The zero-order valence-corrected chi connectivity index (χ0v) is 18.7. The number of anilines is 1. The summed E-state index contributed by atoms with van der Waals surface area (Å²) in [5.41, 5.74) is 1.04. The van der Waals surface area contributed by atoms with Crippen LogP contribution in [0.15, 0.2) is 66.0 Å². The fraction of sp³-hybridized carbons (Fsp3) is 0.174. The Labute approximate surface area is 197 Å². The molecule has 4 aromatic rings. The average molecular weight is 479 g/mol. The molecule has 1 fully saturated rings. The SMILES string of the molecule is O=C(c1nc(-c2cccs2)n(-c2cccc(F)c2)n1)N1CCN(c2ccccc2[N+](=O)[O-])CC1. The first kappa shape index (κ1) is 21.7. The van der Waals surface area contributed by atoms with Gasteiger partial charge in [-0.15, -0.1) is 16.4 Å². The summed E-state index contributed by atoms with van der Waals surface area (Å²) in [5.74, 6) is -0.270. The predicted molar refractivity (Wildman–Crippen MR) is 126 cm³/mol. The van der Waals surface area contributed by atoms with Crippen LogP contribution in [0.25, 0.3) is 16.4 Å². The largest absolute Gasteiger partial charge is 0.362 e. The first-order valence-electron chi connectivity index (χ1n) is 10.6. The number of benzene rings is 2. The number of piperazine rings is 1. The number of carbonyl (C=O) groups excluding carboxylic acids is 1. The molecule has 0 bridgehead atoms. The van der Waals surface area contributed by atoms with Crippen molar-refractivity contribution < 1.29 is 14.1 Å². The fourth-order valence-corrected chi connectivity index (χ4v) is 4.63. The Morgan fingerprint density at radius 3 is 2.53 bits per heavy atom. The minimum Gasteiger partial charge on any atom is -0.362 e. The van der Waals surface area contributed by atoms with Gasteiger partial charge in [0.25, 0.3) is 11.6 Å². The molecule has 1 aliphatic rings. The molecule has 1 aliphatic heterocycles. The van der Waals surface area contributed by atoms with Crippen molar-refractivity contribution in [1.29, 1.82) is 0 Å². The van der Waals surface area contributed by atoms with E-state index in [1.807, 2.05) is 22.4 Å². The molecule has 0 unspecified atom stereocenters. The van der Waals surface area contributed by atoms with E-state index in [2.05, 4.69) is 10.1 Å². The van der Waals surface area contributed by atoms with E-state index in [0.717, 1.165) is 4.88 Å². The highest BCUT2D eigenvalue weighted by molar-refractivity contribution is 7.13. The molecular weight excluding hydrogens is 459 g/mol. The van der Waals surface area contributed by atoms with Gasteiger partial charge in [-0.05, 0) is 35.7 Å². The van der Waals surface area contributed by atoms with Gasteiger partial charge in [0.2, 0.25) is 5.82 Å². The minimum atomic E-state index is -0.413. The van der Waals surface area contributed by atoms with Crippen molar-refractivity contribution in [2.45, 2.75) is 0 Å². The standard InChI is InChI=1S/C23H19FN6O3S/c24-16-5-3-6-17(15-16)29-22(20-9-4-14-34-20)25-21(26-29)23(31)28-12-10-27(11-13-28)18-7-1-2-8-19(18)30(32)33/h1-9,14-15H,10-13H2. The normalized spacial score (nSPS) is 13.8. The van der Waals surface area contributed by atoms with Gasteiger partial charge in [-0.25, -0.2) is 14.1 Å². The average Bonchev–Trinajstić information content (AvgIpc) is 3.54. The van der Waals surface area contributed by atoms with Gasteiger partial charge >= 0.3 is 0 Å². The van der Waals surface area contributed by atoms with E-state index < -0.39 is 10.7 Å². The summed E-state index contributed by atoms with van der Waals surface area (Å²) < 4.78 is 15.3. The van der Waals surface area contributed by atoms with E-state index in [0.29, 0.717) is 43.4 Å². The second-order valence-electron chi connectivity index (χ2n) is 7.65. The highest BCUT2D eigenvalue weighted by Crippen LogP contribution is 2.29. The molecule has 1 saturated heterocycles. The fourth-order valence-electron chi connectivity index (χ4n) is 3.93. The number of aromatic nitrogens is 3. The zero-order valence-electron chi connectivity index (χ0n) is 17.9. The maximum atomic E-state index is 13.9. The van der Waals surface area contributed by atoms with Crippen LogP contribution >= 0.6 is 11.3 Å². The molecule has 9 nitrogen and oxygen atoms in total. The Kier molecular flexibility index (Phi) is 5.76. The lowest BCUT2D eigenvalue weighted by molar-refractivity contribution is -0.384. The second kappa shape index (κ2) is 9.02. The van der Waals surface area contributed by atoms with E-state index in [1.54, 1.807) is 35.2 Å². The maximum Gasteiger partial charge on any atom is 0.293 e. The number of para-hydroxylation sites is 2. The van der Waals surface area contributed by atoms with E-state index in [-0.39, 0.29) is 17.4 Å². The minimum absolute atomic E-state index is 0.0202.